The molecule has 1 aliphatic heterocycles. The molecular formula is C13H17N3O3. The summed E-state index contributed by atoms with van der Waals surface area (Å²) in [6.45, 7) is 1.21. The van der Waals surface area contributed by atoms with E-state index >= 15 is 0 Å². The number of aromatic nitrogens is 1. The van der Waals surface area contributed by atoms with Crippen LogP contribution in [0.5, 0.6) is 0 Å². The van der Waals surface area contributed by atoms with Crippen molar-refractivity contribution in [1.82, 2.24) is 15.2 Å². The van der Waals surface area contributed by atoms with Gasteiger partial charge in [0.25, 0.3) is 5.91 Å². The maximum atomic E-state index is 11.7. The number of nitrogens with zero attached hydrogens (tertiary/aromatic N) is 1. The minimum Gasteiger partial charge on any atom is -0.387 e. The number of likely N-dealkylation sites (tertiary alicyclic amines) is 1. The molecule has 6 nitrogen and oxygen atoms in total. The number of hydrogen-bond donors (Lipinski definition) is 3. The number of H-pyrrole nitrogens is 1. The summed E-state index contributed by atoms with van der Waals surface area (Å²) in [4.78, 5) is 27.9. The van der Waals surface area contributed by atoms with E-state index < -0.39 is 11.5 Å². The van der Waals surface area contributed by atoms with Gasteiger partial charge in [0.1, 0.15) is 5.69 Å². The molecule has 0 spiro atoms. The summed E-state index contributed by atoms with van der Waals surface area (Å²) < 4.78 is 0. The Bertz CT molecular complexity index is 487. The fraction of sp³-hybridized carbons (Fsp3) is 0.538. The number of nitrogens with one attached hydrogen (secondary N) is 2. The van der Waals surface area contributed by atoms with E-state index in [1.807, 2.05) is 4.90 Å². The van der Waals surface area contributed by atoms with Crippen LogP contribution in [0.15, 0.2) is 18.3 Å². The Morgan fingerprint density at radius 3 is 2.79 bits per heavy atom. The molecule has 1 saturated heterocycles. The maximum absolute atomic E-state index is 11.7. The van der Waals surface area contributed by atoms with Crippen LogP contribution in [-0.4, -0.2) is 52.0 Å². The zero-order valence-corrected chi connectivity index (χ0v) is 10.6. The van der Waals surface area contributed by atoms with Gasteiger partial charge in [0.15, 0.2) is 0 Å². The Labute approximate surface area is 110 Å². The van der Waals surface area contributed by atoms with Gasteiger partial charge >= 0.3 is 0 Å². The van der Waals surface area contributed by atoms with Crippen molar-refractivity contribution in [3.63, 3.8) is 0 Å². The summed E-state index contributed by atoms with van der Waals surface area (Å²) in [6.07, 6.45) is 3.80. The van der Waals surface area contributed by atoms with Gasteiger partial charge in [-0.2, -0.15) is 0 Å². The van der Waals surface area contributed by atoms with Gasteiger partial charge in [0.05, 0.1) is 12.1 Å². The summed E-state index contributed by atoms with van der Waals surface area (Å²) in [5, 5.41) is 12.4. The van der Waals surface area contributed by atoms with E-state index in [0.29, 0.717) is 24.7 Å². The molecule has 2 heterocycles. The normalized spacial score (nSPS) is 21.7. The SMILES string of the molecule is O=C(CN1CC(O)(C2CC2)C1)NC(=O)c1ccc[nH]1. The van der Waals surface area contributed by atoms with Crippen molar-refractivity contribution in [1.29, 1.82) is 0 Å². The zero-order valence-electron chi connectivity index (χ0n) is 10.6. The standard InChI is InChI=1S/C13H17N3O3/c17-11(15-12(18)10-2-1-5-14-10)6-16-7-13(19,8-16)9-3-4-9/h1-2,5,9,14,19H,3-4,6-8H2,(H,15,17,18). The number of aliphatic hydroxyl groups is 1. The molecule has 0 bridgehead atoms. The second kappa shape index (κ2) is 4.47. The monoisotopic (exact) mass is 263 g/mol. The molecule has 1 saturated carbocycles. The van der Waals surface area contributed by atoms with Gasteiger partial charge in [-0.3, -0.25) is 19.8 Å². The highest BCUT2D eigenvalue weighted by Crippen LogP contribution is 2.44. The third-order valence-corrected chi connectivity index (χ3v) is 3.79. The summed E-state index contributed by atoms with van der Waals surface area (Å²) >= 11 is 0. The van der Waals surface area contributed by atoms with Crippen LogP contribution in [0.3, 0.4) is 0 Å². The van der Waals surface area contributed by atoms with Crippen LogP contribution in [0.1, 0.15) is 23.3 Å². The highest BCUT2D eigenvalue weighted by molar-refractivity contribution is 6.04. The van der Waals surface area contributed by atoms with Crippen molar-refractivity contribution in [3.8, 4) is 0 Å². The molecule has 2 amide bonds. The molecule has 0 atom stereocenters. The number of imide groups is 1. The van der Waals surface area contributed by atoms with Gasteiger partial charge in [0.2, 0.25) is 5.91 Å². The predicted molar refractivity (Wildman–Crippen MR) is 67.4 cm³/mol. The van der Waals surface area contributed by atoms with E-state index in [-0.39, 0.29) is 12.5 Å². The number of rotatable bonds is 4. The van der Waals surface area contributed by atoms with Crippen molar-refractivity contribution in [2.24, 2.45) is 5.92 Å². The first-order valence-corrected chi connectivity index (χ1v) is 6.49. The van der Waals surface area contributed by atoms with Crippen molar-refractivity contribution in [2.75, 3.05) is 19.6 Å². The minimum absolute atomic E-state index is 0.154. The lowest BCUT2D eigenvalue weighted by molar-refractivity contribution is -0.135. The van der Waals surface area contributed by atoms with Crippen LogP contribution >= 0.6 is 0 Å². The van der Waals surface area contributed by atoms with Crippen LogP contribution < -0.4 is 5.32 Å². The van der Waals surface area contributed by atoms with Crippen LogP contribution in [-0.2, 0) is 4.79 Å². The van der Waals surface area contributed by atoms with Gasteiger partial charge in [0, 0.05) is 19.3 Å². The number of carbonyl (C=O) groups excluding carboxylic acids is 2. The van der Waals surface area contributed by atoms with Crippen molar-refractivity contribution in [3.05, 3.63) is 24.0 Å². The number of carbonyl (C=O) groups is 2. The summed E-state index contributed by atoms with van der Waals surface area (Å²) in [7, 11) is 0. The maximum Gasteiger partial charge on any atom is 0.274 e. The number of aromatic amines is 1. The third-order valence-electron chi connectivity index (χ3n) is 3.79. The van der Waals surface area contributed by atoms with Crippen molar-refractivity contribution in [2.45, 2.75) is 18.4 Å². The Morgan fingerprint density at radius 1 is 1.47 bits per heavy atom. The lowest BCUT2D eigenvalue weighted by atomic mass is 9.89. The second-order valence-corrected chi connectivity index (χ2v) is 5.48. The van der Waals surface area contributed by atoms with Gasteiger partial charge in [-0.1, -0.05) is 0 Å². The molecule has 0 unspecified atom stereocenters. The van der Waals surface area contributed by atoms with Gasteiger partial charge in [-0.05, 0) is 30.9 Å². The Balaban J connectivity index is 1.44. The van der Waals surface area contributed by atoms with E-state index in [1.165, 1.54) is 0 Å². The molecular weight excluding hydrogens is 246 g/mol. The average Bonchev–Trinajstić information content (AvgIpc) is 3.02. The topological polar surface area (TPSA) is 85.4 Å². The highest BCUT2D eigenvalue weighted by atomic mass is 16.3. The van der Waals surface area contributed by atoms with Crippen molar-refractivity contribution < 1.29 is 14.7 Å². The lowest BCUT2D eigenvalue weighted by Crippen LogP contribution is -2.64. The van der Waals surface area contributed by atoms with Crippen LogP contribution in [0.25, 0.3) is 0 Å². The summed E-state index contributed by atoms with van der Waals surface area (Å²) in [5.74, 6) is -0.349. The lowest BCUT2D eigenvalue weighted by Gasteiger charge is -2.46. The van der Waals surface area contributed by atoms with Gasteiger partial charge < -0.3 is 10.1 Å². The predicted octanol–water partition coefficient (Wildman–Crippen LogP) is -0.272. The van der Waals surface area contributed by atoms with Gasteiger partial charge in [-0.25, -0.2) is 0 Å². The van der Waals surface area contributed by atoms with E-state index in [1.54, 1.807) is 18.3 Å². The molecule has 0 radical (unpaired) electrons. The Hall–Kier alpha value is -1.66. The Kier molecular flexibility index (Phi) is 2.91. The fourth-order valence-corrected chi connectivity index (χ4v) is 2.63. The molecule has 3 rings (SSSR count). The molecule has 19 heavy (non-hydrogen) atoms. The van der Waals surface area contributed by atoms with Gasteiger partial charge in [-0.15, -0.1) is 0 Å². The molecule has 0 aromatic carbocycles. The molecule has 2 fully saturated rings. The van der Waals surface area contributed by atoms with E-state index in [2.05, 4.69) is 10.3 Å². The van der Waals surface area contributed by atoms with E-state index in [4.69, 9.17) is 0 Å². The number of amides is 2. The van der Waals surface area contributed by atoms with E-state index in [9.17, 15) is 14.7 Å². The molecule has 1 aromatic heterocycles. The average molecular weight is 263 g/mol. The third kappa shape index (κ3) is 2.54. The van der Waals surface area contributed by atoms with Crippen LogP contribution in [0.4, 0.5) is 0 Å². The minimum atomic E-state index is -0.594. The zero-order chi connectivity index (χ0) is 13.5. The van der Waals surface area contributed by atoms with Crippen molar-refractivity contribution >= 4 is 11.8 Å². The number of hydrogen-bond acceptors (Lipinski definition) is 4. The quantitative estimate of drug-likeness (QED) is 0.698. The fourth-order valence-electron chi connectivity index (χ4n) is 2.63. The van der Waals surface area contributed by atoms with E-state index in [0.717, 1.165) is 12.8 Å². The Morgan fingerprint density at radius 2 is 2.21 bits per heavy atom. The highest BCUT2D eigenvalue weighted by Gasteiger charge is 2.51. The largest absolute Gasteiger partial charge is 0.387 e. The van der Waals surface area contributed by atoms with Crippen LogP contribution in [0, 0.1) is 5.92 Å². The molecule has 102 valence electrons. The summed E-state index contributed by atoms with van der Waals surface area (Å²) in [6, 6.07) is 3.31. The molecule has 1 aliphatic carbocycles. The second-order valence-electron chi connectivity index (χ2n) is 5.48. The van der Waals surface area contributed by atoms with Crippen LogP contribution in [0.2, 0.25) is 0 Å². The summed E-state index contributed by atoms with van der Waals surface area (Å²) in [5.41, 5.74) is -0.226. The smallest absolute Gasteiger partial charge is 0.274 e. The molecule has 1 aromatic rings. The molecule has 3 N–H and O–H groups in total. The number of β-amino-alcohol motifs (C(OH)–C–C–N with tert-alkyl or cyclic N) is 1. The first kappa shape index (κ1) is 12.4. The first-order chi connectivity index (χ1) is 9.07. The molecule has 6 heteroatoms. The molecule has 2 aliphatic rings. The first-order valence-electron chi connectivity index (χ1n) is 6.49.